The fourth-order valence-electron chi connectivity index (χ4n) is 3.83. The number of likely N-dealkylation sites (tertiary alicyclic amines) is 1. The number of halogens is 1. The molecule has 1 saturated heterocycles. The van der Waals surface area contributed by atoms with Gasteiger partial charge in [0.1, 0.15) is 5.60 Å². The maximum absolute atomic E-state index is 13.1. The van der Waals surface area contributed by atoms with Gasteiger partial charge in [0, 0.05) is 31.2 Å². The molecular weight excluding hydrogens is 418 g/mol. The second-order valence-electron chi connectivity index (χ2n) is 8.83. The molecule has 1 aromatic heterocycles. The number of carbonyl (C=O) groups is 2. The van der Waals surface area contributed by atoms with E-state index in [1.807, 2.05) is 37.8 Å². The summed E-state index contributed by atoms with van der Waals surface area (Å²) in [4.78, 5) is 37.4. The lowest BCUT2D eigenvalue weighted by Gasteiger charge is -2.25. The van der Waals surface area contributed by atoms with E-state index in [4.69, 9.17) is 16.3 Å². The van der Waals surface area contributed by atoms with Crippen LogP contribution in [0.2, 0.25) is 5.02 Å². The van der Waals surface area contributed by atoms with Crippen molar-refractivity contribution in [1.29, 1.82) is 0 Å². The van der Waals surface area contributed by atoms with E-state index < -0.39 is 5.60 Å². The molecule has 1 aromatic carbocycles. The van der Waals surface area contributed by atoms with E-state index in [-0.39, 0.29) is 18.0 Å². The Morgan fingerprint density at radius 3 is 2.65 bits per heavy atom. The van der Waals surface area contributed by atoms with Crippen LogP contribution in [0.4, 0.5) is 16.4 Å². The smallest absolute Gasteiger partial charge is 0.414 e. The van der Waals surface area contributed by atoms with Crippen molar-refractivity contribution in [2.75, 3.05) is 29.9 Å². The monoisotopic (exact) mass is 443 g/mol. The second-order valence-corrected chi connectivity index (χ2v) is 9.27. The van der Waals surface area contributed by atoms with E-state index in [2.05, 4.69) is 15.3 Å². The molecular formula is C22H26ClN5O3. The van der Waals surface area contributed by atoms with E-state index in [1.165, 1.54) is 12.4 Å². The van der Waals surface area contributed by atoms with Gasteiger partial charge in [-0.1, -0.05) is 17.7 Å². The van der Waals surface area contributed by atoms with Crippen molar-refractivity contribution >= 4 is 35.2 Å². The minimum atomic E-state index is -0.571. The van der Waals surface area contributed by atoms with E-state index in [9.17, 15) is 9.59 Å². The zero-order valence-electron chi connectivity index (χ0n) is 17.9. The zero-order chi connectivity index (χ0) is 22.2. The summed E-state index contributed by atoms with van der Waals surface area (Å²) in [5.41, 5.74) is 1.79. The minimum absolute atomic E-state index is 0.0554. The van der Waals surface area contributed by atoms with Crippen LogP contribution in [0.1, 0.15) is 43.1 Å². The Balaban J connectivity index is 1.43. The summed E-state index contributed by atoms with van der Waals surface area (Å²) in [5.74, 6) is 0.439. The molecule has 1 fully saturated rings. The van der Waals surface area contributed by atoms with E-state index in [0.717, 1.165) is 24.1 Å². The third kappa shape index (κ3) is 4.90. The first-order valence-corrected chi connectivity index (χ1v) is 10.7. The molecule has 0 spiro atoms. The summed E-state index contributed by atoms with van der Waals surface area (Å²) in [6.07, 6.45) is 4.24. The second kappa shape index (κ2) is 8.34. The van der Waals surface area contributed by atoms with Crippen molar-refractivity contribution in [3.63, 3.8) is 0 Å². The highest BCUT2D eigenvalue weighted by Gasteiger charge is 2.31. The summed E-state index contributed by atoms with van der Waals surface area (Å²) in [6, 6.07) is 5.64. The summed E-state index contributed by atoms with van der Waals surface area (Å²) in [6.45, 7) is 7.27. The molecule has 2 aromatic rings. The average molecular weight is 444 g/mol. The number of carbonyl (C=O) groups excluding carboxylic acids is 2. The minimum Gasteiger partial charge on any atom is -0.443 e. The fourth-order valence-corrected chi connectivity index (χ4v) is 3.93. The van der Waals surface area contributed by atoms with Crippen LogP contribution in [0.25, 0.3) is 0 Å². The number of nitrogens with one attached hydrogen (secondary N) is 1. The lowest BCUT2D eigenvalue weighted by Crippen LogP contribution is -2.36. The average Bonchev–Trinajstić information content (AvgIpc) is 3.34. The van der Waals surface area contributed by atoms with Crippen molar-refractivity contribution < 1.29 is 14.3 Å². The number of fused-ring (bicyclic) bond motifs is 1. The lowest BCUT2D eigenvalue weighted by molar-refractivity contribution is 0.0583. The molecule has 164 valence electrons. The highest BCUT2D eigenvalue weighted by Crippen LogP contribution is 2.31. The number of anilines is 2. The van der Waals surface area contributed by atoms with E-state index in [1.54, 1.807) is 11.0 Å². The Labute approximate surface area is 186 Å². The molecule has 2 amide bonds. The molecule has 1 atom stereocenters. The first kappa shape index (κ1) is 21.4. The Morgan fingerprint density at radius 1 is 1.19 bits per heavy atom. The number of ether oxygens (including phenoxy) is 1. The SMILES string of the molecule is CC(C)(C)OC(=O)N1CCc2ccc(C(=O)N3CCC(Nc4ncc(Cl)cn4)C3)cc21. The highest BCUT2D eigenvalue weighted by atomic mass is 35.5. The Hall–Kier alpha value is -2.87. The molecule has 0 saturated carbocycles. The van der Waals surface area contributed by atoms with Gasteiger partial charge >= 0.3 is 6.09 Å². The van der Waals surface area contributed by atoms with Gasteiger partial charge < -0.3 is 15.0 Å². The third-order valence-electron chi connectivity index (χ3n) is 5.27. The van der Waals surface area contributed by atoms with Crippen molar-refractivity contribution in [2.45, 2.75) is 45.3 Å². The van der Waals surface area contributed by atoms with Gasteiger partial charge in [0.2, 0.25) is 5.95 Å². The van der Waals surface area contributed by atoms with Crippen LogP contribution in [0.3, 0.4) is 0 Å². The molecule has 0 aliphatic carbocycles. The predicted octanol–water partition coefficient (Wildman–Crippen LogP) is 3.75. The zero-order valence-corrected chi connectivity index (χ0v) is 18.6. The van der Waals surface area contributed by atoms with Crippen LogP contribution in [-0.4, -0.2) is 58.1 Å². The fraction of sp³-hybridized carbons (Fsp3) is 0.455. The van der Waals surface area contributed by atoms with Crippen LogP contribution in [0, 0.1) is 0 Å². The predicted molar refractivity (Wildman–Crippen MR) is 119 cm³/mol. The van der Waals surface area contributed by atoms with Crippen molar-refractivity contribution in [2.24, 2.45) is 0 Å². The first-order valence-electron chi connectivity index (χ1n) is 10.4. The molecule has 0 bridgehead atoms. The molecule has 1 unspecified atom stereocenters. The number of amides is 2. The first-order chi connectivity index (χ1) is 14.7. The van der Waals surface area contributed by atoms with Gasteiger partial charge in [0.25, 0.3) is 5.91 Å². The normalized spacial score (nSPS) is 18.1. The van der Waals surface area contributed by atoms with Crippen molar-refractivity contribution in [1.82, 2.24) is 14.9 Å². The van der Waals surface area contributed by atoms with Crippen LogP contribution in [0.15, 0.2) is 30.6 Å². The number of rotatable bonds is 3. The standard InChI is InChI=1S/C22H26ClN5O3/c1-22(2,3)31-21(30)28-9-6-14-4-5-15(10-18(14)28)19(29)27-8-7-17(13-27)26-20-24-11-16(23)12-25-20/h4-5,10-12,17H,6-9,13H2,1-3H3,(H,24,25,26). The van der Waals surface area contributed by atoms with Crippen LogP contribution in [0.5, 0.6) is 0 Å². The molecule has 4 rings (SSSR count). The largest absolute Gasteiger partial charge is 0.443 e. The summed E-state index contributed by atoms with van der Waals surface area (Å²) in [5, 5.41) is 3.72. The van der Waals surface area contributed by atoms with Crippen LogP contribution >= 0.6 is 11.6 Å². The maximum atomic E-state index is 13.1. The number of hydrogen-bond donors (Lipinski definition) is 1. The van der Waals surface area contributed by atoms with E-state index >= 15 is 0 Å². The van der Waals surface area contributed by atoms with Crippen LogP contribution in [-0.2, 0) is 11.2 Å². The van der Waals surface area contributed by atoms with E-state index in [0.29, 0.717) is 36.2 Å². The number of benzene rings is 1. The lowest BCUT2D eigenvalue weighted by atomic mass is 10.1. The molecule has 1 N–H and O–H groups in total. The molecule has 2 aliphatic heterocycles. The van der Waals surface area contributed by atoms with Crippen molar-refractivity contribution in [3.8, 4) is 0 Å². The highest BCUT2D eigenvalue weighted by molar-refractivity contribution is 6.30. The van der Waals surface area contributed by atoms with Gasteiger partial charge in [-0.15, -0.1) is 0 Å². The Bertz CT molecular complexity index is 990. The summed E-state index contributed by atoms with van der Waals surface area (Å²) in [7, 11) is 0. The molecule has 0 radical (unpaired) electrons. The van der Waals surface area contributed by atoms with Crippen molar-refractivity contribution in [3.05, 3.63) is 46.7 Å². The summed E-state index contributed by atoms with van der Waals surface area (Å²) >= 11 is 5.82. The number of nitrogens with zero attached hydrogens (tertiary/aromatic N) is 4. The molecule has 31 heavy (non-hydrogen) atoms. The summed E-state index contributed by atoms with van der Waals surface area (Å²) < 4.78 is 5.52. The number of aromatic nitrogens is 2. The quantitative estimate of drug-likeness (QED) is 0.777. The van der Waals surface area contributed by atoms with Gasteiger partial charge in [0.05, 0.1) is 23.1 Å². The molecule has 9 heteroatoms. The Kier molecular flexibility index (Phi) is 5.75. The van der Waals surface area contributed by atoms with Gasteiger partial charge in [0.15, 0.2) is 0 Å². The van der Waals surface area contributed by atoms with Gasteiger partial charge in [-0.2, -0.15) is 0 Å². The Morgan fingerprint density at radius 2 is 1.94 bits per heavy atom. The third-order valence-corrected chi connectivity index (χ3v) is 5.47. The van der Waals surface area contributed by atoms with Gasteiger partial charge in [-0.3, -0.25) is 9.69 Å². The molecule has 3 heterocycles. The van der Waals surface area contributed by atoms with Crippen LogP contribution < -0.4 is 10.2 Å². The molecule has 2 aliphatic rings. The molecule has 8 nitrogen and oxygen atoms in total. The topological polar surface area (TPSA) is 87.7 Å². The van der Waals surface area contributed by atoms with Gasteiger partial charge in [-0.25, -0.2) is 14.8 Å². The maximum Gasteiger partial charge on any atom is 0.414 e. The number of hydrogen-bond acceptors (Lipinski definition) is 6. The van der Waals surface area contributed by atoms with Gasteiger partial charge in [-0.05, 0) is 51.3 Å².